The summed E-state index contributed by atoms with van der Waals surface area (Å²) >= 11 is 0. The largest absolute Gasteiger partial charge is 0.508 e. The van der Waals surface area contributed by atoms with Crippen molar-refractivity contribution in [3.05, 3.63) is 65.7 Å². The molecule has 3 atom stereocenters. The van der Waals surface area contributed by atoms with E-state index in [-0.39, 0.29) is 36.1 Å². The second-order valence-corrected chi connectivity index (χ2v) is 12.1. The minimum Gasteiger partial charge on any atom is -0.508 e. The van der Waals surface area contributed by atoms with Gasteiger partial charge in [-0.1, -0.05) is 56.3 Å². The lowest BCUT2D eigenvalue weighted by Gasteiger charge is -2.39. The number of phenolic OH excluding ortho intramolecular Hbond substituents is 1. The Morgan fingerprint density at radius 3 is 2.00 bits per heavy atom. The monoisotopic (exact) mass is 553 g/mol. The van der Waals surface area contributed by atoms with Crippen LogP contribution in [-0.2, 0) is 20.7 Å². The molecule has 0 spiro atoms. The number of amides is 3. The van der Waals surface area contributed by atoms with E-state index in [0.717, 1.165) is 12.0 Å². The molecule has 2 aromatic rings. The summed E-state index contributed by atoms with van der Waals surface area (Å²) in [5, 5.41) is 15.7. The SMILES string of the molecule is CC(C)CCC(C)N(C(=O)C(Cc1ccccc1)NC(=O)OC(C)(C)C)C(C(=O)NC(C)C)c1ccc(O)cc1. The first-order chi connectivity index (χ1) is 18.7. The number of nitrogens with zero attached hydrogens (tertiary/aromatic N) is 1. The number of hydrogen-bond acceptors (Lipinski definition) is 5. The van der Waals surface area contributed by atoms with Crippen molar-refractivity contribution < 1.29 is 24.2 Å². The molecule has 2 aromatic carbocycles. The number of phenols is 1. The first-order valence-electron chi connectivity index (χ1n) is 14.1. The smallest absolute Gasteiger partial charge is 0.408 e. The standard InChI is InChI=1S/C32H47N3O5/c1-21(2)14-15-23(5)35(28(29(37)33-22(3)4)25-16-18-26(36)19-17-25)30(38)27(20-24-12-10-9-11-13-24)34-31(39)40-32(6,7)8/h9-13,16-19,21-23,27-28,36H,14-15,20H2,1-8H3,(H,33,37)(H,34,39). The Balaban J connectivity index is 2.62. The van der Waals surface area contributed by atoms with E-state index >= 15 is 0 Å². The highest BCUT2D eigenvalue weighted by molar-refractivity contribution is 5.92. The van der Waals surface area contributed by atoms with E-state index in [4.69, 9.17) is 4.74 Å². The predicted octanol–water partition coefficient (Wildman–Crippen LogP) is 5.75. The molecule has 8 heteroatoms. The van der Waals surface area contributed by atoms with Gasteiger partial charge in [-0.2, -0.15) is 0 Å². The van der Waals surface area contributed by atoms with Gasteiger partial charge in [-0.05, 0) is 83.6 Å². The maximum Gasteiger partial charge on any atom is 0.408 e. The van der Waals surface area contributed by atoms with Crippen LogP contribution in [-0.4, -0.2) is 51.6 Å². The topological polar surface area (TPSA) is 108 Å². The predicted molar refractivity (Wildman–Crippen MR) is 158 cm³/mol. The molecule has 0 bridgehead atoms. The van der Waals surface area contributed by atoms with Gasteiger partial charge in [-0.3, -0.25) is 9.59 Å². The summed E-state index contributed by atoms with van der Waals surface area (Å²) in [6.07, 6.45) is 1.03. The van der Waals surface area contributed by atoms with E-state index in [1.165, 1.54) is 12.1 Å². The Bertz CT molecular complexity index is 1090. The maximum atomic E-state index is 14.5. The molecule has 0 radical (unpaired) electrons. The normalized spacial score (nSPS) is 13.8. The number of aromatic hydroxyl groups is 1. The molecule has 0 saturated heterocycles. The van der Waals surface area contributed by atoms with Crippen LogP contribution in [0.15, 0.2) is 54.6 Å². The molecule has 0 aliphatic heterocycles. The van der Waals surface area contributed by atoms with Gasteiger partial charge in [0.15, 0.2) is 0 Å². The van der Waals surface area contributed by atoms with Crippen LogP contribution < -0.4 is 10.6 Å². The first kappa shape index (κ1) is 32.7. The third kappa shape index (κ3) is 10.5. The lowest BCUT2D eigenvalue weighted by Crippen LogP contribution is -2.56. The average molecular weight is 554 g/mol. The molecule has 0 fully saturated rings. The highest BCUT2D eigenvalue weighted by atomic mass is 16.6. The quantitative estimate of drug-likeness (QED) is 0.310. The van der Waals surface area contributed by atoms with Gasteiger partial charge < -0.3 is 25.4 Å². The summed E-state index contributed by atoms with van der Waals surface area (Å²) in [6.45, 7) is 15.2. The molecule has 0 aliphatic carbocycles. The van der Waals surface area contributed by atoms with E-state index in [2.05, 4.69) is 24.5 Å². The van der Waals surface area contributed by atoms with Crippen LogP contribution in [0.2, 0.25) is 0 Å². The number of carbonyl (C=O) groups excluding carboxylic acids is 3. The number of alkyl carbamates (subject to hydrolysis) is 1. The van der Waals surface area contributed by atoms with Crippen molar-refractivity contribution in [2.24, 2.45) is 5.92 Å². The number of carbonyl (C=O) groups is 3. The Morgan fingerprint density at radius 2 is 1.48 bits per heavy atom. The molecule has 0 saturated carbocycles. The molecule has 2 rings (SSSR count). The van der Waals surface area contributed by atoms with Crippen LogP contribution in [0, 0.1) is 5.92 Å². The fourth-order valence-corrected chi connectivity index (χ4v) is 4.45. The zero-order chi connectivity index (χ0) is 30.0. The number of ether oxygens (including phenoxy) is 1. The molecule has 0 aromatic heterocycles. The highest BCUT2D eigenvalue weighted by Crippen LogP contribution is 2.29. The van der Waals surface area contributed by atoms with Crippen molar-refractivity contribution in [3.63, 3.8) is 0 Å². The molecule has 8 nitrogen and oxygen atoms in total. The number of benzene rings is 2. The van der Waals surface area contributed by atoms with Gasteiger partial charge in [0.2, 0.25) is 11.8 Å². The Labute approximate surface area is 239 Å². The van der Waals surface area contributed by atoms with Crippen LogP contribution in [0.3, 0.4) is 0 Å². The van der Waals surface area contributed by atoms with Gasteiger partial charge in [0, 0.05) is 18.5 Å². The molecule has 0 aliphatic rings. The first-order valence-corrected chi connectivity index (χ1v) is 14.1. The summed E-state index contributed by atoms with van der Waals surface area (Å²) in [5.74, 6) is -0.258. The van der Waals surface area contributed by atoms with Crippen LogP contribution in [0.5, 0.6) is 5.75 Å². The number of hydrogen-bond donors (Lipinski definition) is 3. The lowest BCUT2D eigenvalue weighted by atomic mass is 9.95. The molecule has 220 valence electrons. The van der Waals surface area contributed by atoms with Gasteiger partial charge in [0.1, 0.15) is 23.4 Å². The highest BCUT2D eigenvalue weighted by Gasteiger charge is 2.39. The second-order valence-electron chi connectivity index (χ2n) is 12.1. The van der Waals surface area contributed by atoms with Gasteiger partial charge >= 0.3 is 6.09 Å². The Morgan fingerprint density at radius 1 is 0.875 bits per heavy atom. The molecular weight excluding hydrogens is 506 g/mol. The third-order valence-electron chi connectivity index (χ3n) is 6.33. The molecular formula is C32H47N3O5. The van der Waals surface area contributed by atoms with Crippen LogP contribution in [0.4, 0.5) is 4.79 Å². The minimum atomic E-state index is -0.981. The van der Waals surface area contributed by atoms with Gasteiger partial charge in [-0.15, -0.1) is 0 Å². The summed E-state index contributed by atoms with van der Waals surface area (Å²) in [4.78, 5) is 42.8. The van der Waals surface area contributed by atoms with E-state index in [9.17, 15) is 19.5 Å². The maximum absolute atomic E-state index is 14.5. The summed E-state index contributed by atoms with van der Waals surface area (Å²) in [7, 11) is 0. The van der Waals surface area contributed by atoms with Crippen LogP contribution in [0.1, 0.15) is 85.4 Å². The van der Waals surface area contributed by atoms with E-state index in [1.54, 1.807) is 37.8 Å². The molecule has 3 N–H and O–H groups in total. The second kappa shape index (κ2) is 14.7. The van der Waals surface area contributed by atoms with E-state index < -0.39 is 23.8 Å². The fraction of sp³-hybridized carbons (Fsp3) is 0.531. The van der Waals surface area contributed by atoms with Crippen molar-refractivity contribution >= 4 is 17.9 Å². The fourth-order valence-electron chi connectivity index (χ4n) is 4.45. The Kier molecular flexibility index (Phi) is 12.0. The van der Waals surface area contributed by atoms with Crippen molar-refractivity contribution in [3.8, 4) is 5.75 Å². The van der Waals surface area contributed by atoms with Crippen molar-refractivity contribution in [2.45, 2.75) is 104 Å². The summed E-state index contributed by atoms with van der Waals surface area (Å²) < 4.78 is 5.51. The number of nitrogens with one attached hydrogen (secondary N) is 2. The average Bonchev–Trinajstić information content (AvgIpc) is 2.84. The van der Waals surface area contributed by atoms with Crippen molar-refractivity contribution in [1.29, 1.82) is 0 Å². The number of rotatable bonds is 12. The van der Waals surface area contributed by atoms with Gasteiger partial charge in [0.05, 0.1) is 0 Å². The molecule has 3 amide bonds. The lowest BCUT2D eigenvalue weighted by molar-refractivity contribution is -0.145. The third-order valence-corrected chi connectivity index (χ3v) is 6.33. The molecule has 3 unspecified atom stereocenters. The van der Waals surface area contributed by atoms with Crippen molar-refractivity contribution in [1.82, 2.24) is 15.5 Å². The zero-order valence-corrected chi connectivity index (χ0v) is 25.2. The van der Waals surface area contributed by atoms with Crippen LogP contribution >= 0.6 is 0 Å². The van der Waals surface area contributed by atoms with Gasteiger partial charge in [-0.25, -0.2) is 4.79 Å². The van der Waals surface area contributed by atoms with Gasteiger partial charge in [0.25, 0.3) is 0 Å². The minimum absolute atomic E-state index is 0.0612. The molecule has 40 heavy (non-hydrogen) atoms. The zero-order valence-electron chi connectivity index (χ0n) is 25.2. The van der Waals surface area contributed by atoms with E-state index in [1.807, 2.05) is 51.1 Å². The van der Waals surface area contributed by atoms with E-state index in [0.29, 0.717) is 17.9 Å². The Hall–Kier alpha value is -3.55. The summed E-state index contributed by atoms with van der Waals surface area (Å²) in [6, 6.07) is 13.3. The summed E-state index contributed by atoms with van der Waals surface area (Å²) in [5.41, 5.74) is 0.677. The van der Waals surface area contributed by atoms with Crippen LogP contribution in [0.25, 0.3) is 0 Å². The molecule has 0 heterocycles. The van der Waals surface area contributed by atoms with Crippen molar-refractivity contribution in [2.75, 3.05) is 0 Å².